The van der Waals surface area contributed by atoms with E-state index in [1.54, 1.807) is 0 Å². The highest BCUT2D eigenvalue weighted by molar-refractivity contribution is 6.77. The zero-order valence-electron chi connectivity index (χ0n) is 13.3. The summed E-state index contributed by atoms with van der Waals surface area (Å²) < 4.78 is 11.8. The molecule has 0 saturated carbocycles. The van der Waals surface area contributed by atoms with Crippen molar-refractivity contribution in [1.29, 1.82) is 0 Å². The molecular weight excluding hydrogens is 258 g/mol. The Bertz CT molecular complexity index is 197. The first-order valence-electron chi connectivity index (χ1n) is 7.54. The molecule has 0 saturated heterocycles. The lowest BCUT2D eigenvalue weighted by molar-refractivity contribution is 0.189. The van der Waals surface area contributed by atoms with Gasteiger partial charge in [-0.3, -0.25) is 0 Å². The van der Waals surface area contributed by atoms with Gasteiger partial charge < -0.3 is 13.8 Å². The van der Waals surface area contributed by atoms with E-state index < -0.39 is 16.8 Å². The van der Waals surface area contributed by atoms with E-state index >= 15 is 0 Å². The van der Waals surface area contributed by atoms with Crippen molar-refractivity contribution < 1.29 is 8.85 Å². The van der Waals surface area contributed by atoms with Gasteiger partial charge in [0.25, 0.3) is 0 Å². The number of hydrogen-bond acceptors (Lipinski definition) is 3. The minimum atomic E-state index is -1.93. The van der Waals surface area contributed by atoms with Crippen molar-refractivity contribution in [1.82, 2.24) is 4.98 Å². The summed E-state index contributed by atoms with van der Waals surface area (Å²) in [6.07, 6.45) is 0. The fourth-order valence-electron chi connectivity index (χ4n) is 2.48. The van der Waals surface area contributed by atoms with E-state index in [-0.39, 0.29) is 0 Å². The van der Waals surface area contributed by atoms with Crippen LogP contribution < -0.4 is 4.98 Å². The standard InChI is InChI=1S/C13H33NO2Si2/c1-7-15-17(6,16-8-2)13-12-14-18(9-3,10-4)11-5/h14H,7-13H2,1-6H3. The third-order valence-corrected chi connectivity index (χ3v) is 12.0. The van der Waals surface area contributed by atoms with Gasteiger partial charge in [-0.1, -0.05) is 20.8 Å². The Morgan fingerprint density at radius 3 is 1.61 bits per heavy atom. The van der Waals surface area contributed by atoms with Crippen LogP contribution in [0.5, 0.6) is 0 Å². The van der Waals surface area contributed by atoms with Crippen LogP contribution in [0.15, 0.2) is 0 Å². The molecule has 0 rings (SSSR count). The number of rotatable bonds is 11. The Hall–Kier alpha value is 0.314. The van der Waals surface area contributed by atoms with E-state index in [0.717, 1.165) is 25.8 Å². The SMILES string of the molecule is CCO[Si](C)(CCN[Si](CC)(CC)CC)OCC. The van der Waals surface area contributed by atoms with Crippen LogP contribution in [0.3, 0.4) is 0 Å². The van der Waals surface area contributed by atoms with Crippen LogP contribution in [0, 0.1) is 0 Å². The van der Waals surface area contributed by atoms with Crippen LogP contribution in [0.1, 0.15) is 34.6 Å². The summed E-state index contributed by atoms with van der Waals surface area (Å²) in [6, 6.07) is 5.02. The molecule has 110 valence electrons. The van der Waals surface area contributed by atoms with E-state index in [1.165, 1.54) is 18.1 Å². The Morgan fingerprint density at radius 2 is 1.28 bits per heavy atom. The Kier molecular flexibility index (Phi) is 9.42. The maximum absolute atomic E-state index is 5.88. The summed E-state index contributed by atoms with van der Waals surface area (Å²) in [5, 5.41) is 0. The molecule has 0 aromatic carbocycles. The first-order chi connectivity index (χ1) is 8.51. The molecule has 0 heterocycles. The van der Waals surface area contributed by atoms with Crippen molar-refractivity contribution in [2.45, 2.75) is 65.3 Å². The molecule has 0 aliphatic carbocycles. The molecule has 5 heteroatoms. The van der Waals surface area contributed by atoms with Gasteiger partial charge in [0, 0.05) is 19.3 Å². The molecule has 0 fully saturated rings. The molecule has 0 atom stereocenters. The summed E-state index contributed by atoms with van der Waals surface area (Å²) >= 11 is 0. The molecule has 0 radical (unpaired) electrons. The van der Waals surface area contributed by atoms with Crippen molar-refractivity contribution in [2.75, 3.05) is 19.8 Å². The van der Waals surface area contributed by atoms with Gasteiger partial charge in [0.05, 0.1) is 0 Å². The highest BCUT2D eigenvalue weighted by Gasteiger charge is 2.32. The molecule has 3 nitrogen and oxygen atoms in total. The molecule has 0 bridgehead atoms. The van der Waals surface area contributed by atoms with Gasteiger partial charge in [0.15, 0.2) is 0 Å². The molecule has 0 aliphatic rings. The Balaban J connectivity index is 4.27. The maximum Gasteiger partial charge on any atom is 0.336 e. The number of hydrogen-bond donors (Lipinski definition) is 1. The van der Waals surface area contributed by atoms with Crippen molar-refractivity contribution >= 4 is 16.8 Å². The zero-order valence-corrected chi connectivity index (χ0v) is 15.3. The van der Waals surface area contributed by atoms with Gasteiger partial charge in [-0.2, -0.15) is 0 Å². The molecule has 0 aliphatic heterocycles. The molecule has 18 heavy (non-hydrogen) atoms. The summed E-state index contributed by atoms with van der Waals surface area (Å²) in [5.41, 5.74) is 0. The van der Waals surface area contributed by atoms with Gasteiger partial charge in [-0.15, -0.1) is 0 Å². The zero-order chi connectivity index (χ0) is 14.1. The highest BCUT2D eigenvalue weighted by Crippen LogP contribution is 2.18. The first kappa shape index (κ1) is 18.3. The van der Waals surface area contributed by atoms with Crippen LogP contribution >= 0.6 is 0 Å². The van der Waals surface area contributed by atoms with Crippen LogP contribution in [-0.4, -0.2) is 36.6 Å². The third kappa shape index (κ3) is 5.97. The molecule has 1 N–H and O–H groups in total. The summed E-state index contributed by atoms with van der Waals surface area (Å²) in [5.74, 6) is 0. The van der Waals surface area contributed by atoms with Crippen LogP contribution in [0.25, 0.3) is 0 Å². The topological polar surface area (TPSA) is 30.5 Å². The van der Waals surface area contributed by atoms with E-state index in [2.05, 4.69) is 46.1 Å². The van der Waals surface area contributed by atoms with E-state index in [0.29, 0.717) is 0 Å². The van der Waals surface area contributed by atoms with E-state index in [9.17, 15) is 0 Å². The smallest absolute Gasteiger partial charge is 0.336 e. The second-order valence-electron chi connectivity index (χ2n) is 5.02. The second kappa shape index (κ2) is 9.25. The van der Waals surface area contributed by atoms with Gasteiger partial charge in [-0.25, -0.2) is 0 Å². The Labute approximate surface area is 116 Å². The van der Waals surface area contributed by atoms with Gasteiger partial charge >= 0.3 is 8.56 Å². The molecule has 0 aromatic heterocycles. The lowest BCUT2D eigenvalue weighted by Crippen LogP contribution is -2.51. The maximum atomic E-state index is 5.88. The lowest BCUT2D eigenvalue weighted by Gasteiger charge is -2.32. The van der Waals surface area contributed by atoms with Gasteiger partial charge in [-0.05, 0) is 45.1 Å². The lowest BCUT2D eigenvalue weighted by atomic mass is 10.8. The summed E-state index contributed by atoms with van der Waals surface area (Å²) in [7, 11) is -3.13. The average Bonchev–Trinajstić information content (AvgIpc) is 2.36. The molecule has 0 aromatic rings. The van der Waals surface area contributed by atoms with Crippen LogP contribution in [0.4, 0.5) is 0 Å². The van der Waals surface area contributed by atoms with E-state index in [4.69, 9.17) is 8.85 Å². The normalized spacial score (nSPS) is 13.0. The van der Waals surface area contributed by atoms with Crippen molar-refractivity contribution in [3.63, 3.8) is 0 Å². The summed E-state index contributed by atoms with van der Waals surface area (Å²) in [6.45, 7) is 15.9. The average molecular weight is 292 g/mol. The van der Waals surface area contributed by atoms with Gasteiger partial charge in [0.1, 0.15) is 8.24 Å². The molecule has 0 amide bonds. The quantitative estimate of drug-likeness (QED) is 0.588. The first-order valence-corrected chi connectivity index (χ1v) is 12.7. The predicted molar refractivity (Wildman–Crippen MR) is 84.9 cm³/mol. The minimum Gasteiger partial charge on any atom is -0.395 e. The van der Waals surface area contributed by atoms with Gasteiger partial charge in [0.2, 0.25) is 0 Å². The van der Waals surface area contributed by atoms with E-state index in [1.807, 2.05) is 0 Å². The van der Waals surface area contributed by atoms with Crippen molar-refractivity contribution in [3.05, 3.63) is 0 Å². The fourth-order valence-corrected chi connectivity index (χ4v) is 7.80. The van der Waals surface area contributed by atoms with Crippen molar-refractivity contribution in [3.8, 4) is 0 Å². The van der Waals surface area contributed by atoms with Crippen LogP contribution in [0.2, 0.25) is 30.7 Å². The summed E-state index contributed by atoms with van der Waals surface area (Å²) in [4.78, 5) is 3.87. The molecular formula is C13H33NO2Si2. The largest absolute Gasteiger partial charge is 0.395 e. The highest BCUT2D eigenvalue weighted by atomic mass is 28.4. The molecule has 0 unspecified atom stereocenters. The molecule has 0 spiro atoms. The number of nitrogens with one attached hydrogen (secondary N) is 1. The Morgan fingerprint density at radius 1 is 0.833 bits per heavy atom. The fraction of sp³-hybridized carbons (Fsp3) is 1.00. The predicted octanol–water partition coefficient (Wildman–Crippen LogP) is 3.73. The monoisotopic (exact) mass is 291 g/mol. The van der Waals surface area contributed by atoms with Crippen LogP contribution in [-0.2, 0) is 8.85 Å². The second-order valence-corrected chi connectivity index (χ2v) is 13.4. The third-order valence-electron chi connectivity index (χ3n) is 4.01. The van der Waals surface area contributed by atoms with Crippen molar-refractivity contribution in [2.24, 2.45) is 0 Å². The minimum absolute atomic E-state index is 0.765.